The Morgan fingerprint density at radius 3 is 2.90 bits per heavy atom. The van der Waals surface area contributed by atoms with Crippen molar-refractivity contribution in [2.24, 2.45) is 5.73 Å². The number of nitrogens with zero attached hydrogens (tertiary/aromatic N) is 1. The lowest BCUT2D eigenvalue weighted by atomic mass is 10.1. The standard InChI is InChI=1S/C17H19FN2O/c18-15-6-3-5-13(10-15)16(19)12-20-8-9-21-17-7-2-1-4-14(17)11-20/h1-7,10,16H,8-9,11-12,19H2. The van der Waals surface area contributed by atoms with E-state index in [0.29, 0.717) is 13.2 Å². The fourth-order valence-corrected chi connectivity index (χ4v) is 2.66. The van der Waals surface area contributed by atoms with E-state index in [-0.39, 0.29) is 11.9 Å². The summed E-state index contributed by atoms with van der Waals surface area (Å²) >= 11 is 0. The molecule has 3 nitrogen and oxygen atoms in total. The third kappa shape index (κ3) is 3.40. The highest BCUT2D eigenvalue weighted by Gasteiger charge is 2.18. The highest BCUT2D eigenvalue weighted by Crippen LogP contribution is 2.23. The molecule has 0 amide bonds. The first-order valence-corrected chi connectivity index (χ1v) is 7.16. The van der Waals surface area contributed by atoms with Gasteiger partial charge in [0.15, 0.2) is 0 Å². The Balaban J connectivity index is 1.70. The lowest BCUT2D eigenvalue weighted by Crippen LogP contribution is -2.33. The minimum absolute atomic E-state index is 0.203. The summed E-state index contributed by atoms with van der Waals surface area (Å²) in [5.74, 6) is 0.701. The van der Waals surface area contributed by atoms with Gasteiger partial charge in [-0.25, -0.2) is 4.39 Å². The zero-order chi connectivity index (χ0) is 14.7. The smallest absolute Gasteiger partial charge is 0.123 e. The molecule has 0 saturated carbocycles. The van der Waals surface area contributed by atoms with Gasteiger partial charge in [0.2, 0.25) is 0 Å². The molecule has 110 valence electrons. The topological polar surface area (TPSA) is 38.5 Å². The number of hydrogen-bond acceptors (Lipinski definition) is 3. The van der Waals surface area contributed by atoms with Crippen LogP contribution in [0.5, 0.6) is 5.75 Å². The van der Waals surface area contributed by atoms with E-state index in [1.54, 1.807) is 6.07 Å². The molecule has 4 heteroatoms. The van der Waals surface area contributed by atoms with E-state index < -0.39 is 0 Å². The fraction of sp³-hybridized carbons (Fsp3) is 0.294. The molecule has 0 bridgehead atoms. The summed E-state index contributed by atoms with van der Waals surface area (Å²) < 4.78 is 19.0. The van der Waals surface area contributed by atoms with Gasteiger partial charge in [-0.3, -0.25) is 4.90 Å². The quantitative estimate of drug-likeness (QED) is 0.943. The van der Waals surface area contributed by atoms with Crippen LogP contribution in [0.25, 0.3) is 0 Å². The van der Waals surface area contributed by atoms with Gasteiger partial charge < -0.3 is 10.5 Å². The minimum atomic E-state index is -0.243. The van der Waals surface area contributed by atoms with Gasteiger partial charge in [-0.15, -0.1) is 0 Å². The fourth-order valence-electron chi connectivity index (χ4n) is 2.66. The Hall–Kier alpha value is -1.91. The molecule has 2 N–H and O–H groups in total. The monoisotopic (exact) mass is 286 g/mol. The molecule has 0 aromatic heterocycles. The molecule has 0 radical (unpaired) electrons. The van der Waals surface area contributed by atoms with Gasteiger partial charge in [0.25, 0.3) is 0 Å². The van der Waals surface area contributed by atoms with Crippen molar-refractivity contribution in [1.82, 2.24) is 4.90 Å². The summed E-state index contributed by atoms with van der Waals surface area (Å²) in [7, 11) is 0. The predicted octanol–water partition coefficient (Wildman–Crippen LogP) is 2.72. The van der Waals surface area contributed by atoms with Crippen LogP contribution in [0.2, 0.25) is 0 Å². The number of halogens is 1. The maximum absolute atomic E-state index is 13.3. The Morgan fingerprint density at radius 1 is 1.19 bits per heavy atom. The van der Waals surface area contributed by atoms with Gasteiger partial charge in [-0.05, 0) is 23.8 Å². The maximum Gasteiger partial charge on any atom is 0.123 e. The highest BCUT2D eigenvalue weighted by molar-refractivity contribution is 5.33. The number of para-hydroxylation sites is 1. The molecule has 21 heavy (non-hydrogen) atoms. The molecule has 0 spiro atoms. The number of hydrogen-bond donors (Lipinski definition) is 1. The Kier molecular flexibility index (Phi) is 4.18. The molecule has 0 aliphatic carbocycles. The molecular formula is C17H19FN2O. The number of fused-ring (bicyclic) bond motifs is 1. The molecule has 2 aromatic rings. The molecule has 0 saturated heterocycles. The number of benzene rings is 2. The SMILES string of the molecule is NC(CN1CCOc2ccccc2C1)c1cccc(F)c1. The van der Waals surface area contributed by atoms with Crippen molar-refractivity contribution in [2.45, 2.75) is 12.6 Å². The maximum atomic E-state index is 13.3. The van der Waals surface area contributed by atoms with Crippen LogP contribution in [0.3, 0.4) is 0 Å². The lowest BCUT2D eigenvalue weighted by Gasteiger charge is -2.23. The Labute approximate surface area is 124 Å². The lowest BCUT2D eigenvalue weighted by molar-refractivity contribution is 0.216. The molecule has 0 fully saturated rings. The van der Waals surface area contributed by atoms with E-state index in [2.05, 4.69) is 11.0 Å². The Morgan fingerprint density at radius 2 is 2.05 bits per heavy atom. The first-order valence-electron chi connectivity index (χ1n) is 7.16. The van der Waals surface area contributed by atoms with Crippen LogP contribution >= 0.6 is 0 Å². The van der Waals surface area contributed by atoms with E-state index in [4.69, 9.17) is 10.5 Å². The summed E-state index contributed by atoms with van der Waals surface area (Å²) in [5.41, 5.74) is 8.21. The van der Waals surface area contributed by atoms with Crippen LogP contribution in [0.1, 0.15) is 17.2 Å². The van der Waals surface area contributed by atoms with E-state index in [1.165, 1.54) is 17.7 Å². The highest BCUT2D eigenvalue weighted by atomic mass is 19.1. The van der Waals surface area contributed by atoms with Crippen molar-refractivity contribution in [2.75, 3.05) is 19.7 Å². The molecule has 1 unspecified atom stereocenters. The van der Waals surface area contributed by atoms with Crippen LogP contribution in [0.4, 0.5) is 4.39 Å². The van der Waals surface area contributed by atoms with Crippen molar-refractivity contribution in [3.05, 3.63) is 65.5 Å². The number of rotatable bonds is 3. The van der Waals surface area contributed by atoms with Gasteiger partial charge >= 0.3 is 0 Å². The van der Waals surface area contributed by atoms with Crippen molar-refractivity contribution < 1.29 is 9.13 Å². The molecule has 1 atom stereocenters. The number of ether oxygens (including phenoxy) is 1. The summed E-state index contributed by atoms with van der Waals surface area (Å²) in [6.07, 6.45) is 0. The second-order valence-corrected chi connectivity index (χ2v) is 5.35. The van der Waals surface area contributed by atoms with Crippen molar-refractivity contribution >= 4 is 0 Å². The average Bonchev–Trinajstić information content (AvgIpc) is 2.68. The van der Waals surface area contributed by atoms with Crippen LogP contribution in [0, 0.1) is 5.82 Å². The summed E-state index contributed by atoms with van der Waals surface area (Å²) in [6.45, 7) is 2.95. The van der Waals surface area contributed by atoms with Crippen LogP contribution < -0.4 is 10.5 Å². The molecule has 3 rings (SSSR count). The molecule has 1 heterocycles. The first kappa shape index (κ1) is 14.0. The zero-order valence-electron chi connectivity index (χ0n) is 11.8. The van der Waals surface area contributed by atoms with Crippen LogP contribution in [0.15, 0.2) is 48.5 Å². The number of nitrogens with two attached hydrogens (primary N) is 1. The third-order valence-electron chi connectivity index (χ3n) is 3.76. The first-order chi connectivity index (χ1) is 10.2. The predicted molar refractivity (Wildman–Crippen MR) is 80.5 cm³/mol. The largest absolute Gasteiger partial charge is 0.492 e. The van der Waals surface area contributed by atoms with Crippen molar-refractivity contribution in [3.63, 3.8) is 0 Å². The van der Waals surface area contributed by atoms with E-state index in [9.17, 15) is 4.39 Å². The average molecular weight is 286 g/mol. The normalized spacial score (nSPS) is 16.7. The minimum Gasteiger partial charge on any atom is -0.492 e. The van der Waals surface area contributed by atoms with Crippen molar-refractivity contribution in [3.8, 4) is 5.75 Å². The Bertz CT molecular complexity index is 617. The third-order valence-corrected chi connectivity index (χ3v) is 3.76. The van der Waals surface area contributed by atoms with Gasteiger partial charge in [0, 0.05) is 31.2 Å². The summed E-state index contributed by atoms with van der Waals surface area (Å²) in [4.78, 5) is 2.25. The summed E-state index contributed by atoms with van der Waals surface area (Å²) in [6, 6.07) is 14.4. The van der Waals surface area contributed by atoms with Crippen LogP contribution in [-0.2, 0) is 6.54 Å². The molecule has 1 aliphatic rings. The van der Waals surface area contributed by atoms with Gasteiger partial charge in [-0.2, -0.15) is 0 Å². The van der Waals surface area contributed by atoms with Gasteiger partial charge in [0.1, 0.15) is 18.2 Å². The molecule has 2 aromatic carbocycles. The molecule has 1 aliphatic heterocycles. The van der Waals surface area contributed by atoms with E-state index in [0.717, 1.165) is 24.4 Å². The van der Waals surface area contributed by atoms with E-state index in [1.807, 2.05) is 24.3 Å². The van der Waals surface area contributed by atoms with Gasteiger partial charge in [0.05, 0.1) is 0 Å². The van der Waals surface area contributed by atoms with Gasteiger partial charge in [-0.1, -0.05) is 30.3 Å². The van der Waals surface area contributed by atoms with Crippen molar-refractivity contribution in [1.29, 1.82) is 0 Å². The molecular weight excluding hydrogens is 267 g/mol. The van der Waals surface area contributed by atoms with Crippen LogP contribution in [-0.4, -0.2) is 24.6 Å². The second-order valence-electron chi connectivity index (χ2n) is 5.35. The summed E-state index contributed by atoms with van der Waals surface area (Å²) in [5, 5.41) is 0. The van der Waals surface area contributed by atoms with E-state index >= 15 is 0 Å². The second kappa shape index (κ2) is 6.24. The zero-order valence-corrected chi connectivity index (χ0v) is 11.8.